The molecule has 17 heteroatoms. The van der Waals surface area contributed by atoms with Gasteiger partial charge in [-0.25, -0.2) is 17.4 Å². The average Bonchev–Trinajstić information content (AvgIpc) is 3.57. The summed E-state index contributed by atoms with van der Waals surface area (Å²) in [4.78, 5) is 29.1. The SMILES string of the molecule is COc1cc(OC)c2c(=O)c(OCCCCSc3nc4ccccc4n3S(=O)(=O)c3ccc([N+](=O)[O-])cc3)c(-c3cc(OC)c(OC)c(OC)c3)oc2c1. The Bertz CT molecular complexity index is 2490. The number of thioether (sulfide) groups is 1. The molecule has 4 aromatic carbocycles. The largest absolute Gasteiger partial charge is 0.496 e. The standard InChI is InChI=1S/C37H35N3O12S2/c1-46-24-20-28(47-2)32-29(21-24)52-34(22-18-30(48-3)35(50-5)31(19-22)49-4)36(33(32)41)51-16-8-9-17-53-37-38-26-10-6-7-11-27(26)39(37)54(44,45)25-14-12-23(13-15-25)40(42)43/h6-7,10-15,18-21H,8-9,16-17H2,1-5H3. The fourth-order valence-electron chi connectivity index (χ4n) is 5.75. The van der Waals surface area contributed by atoms with Crippen LogP contribution in [0.4, 0.5) is 5.69 Å². The van der Waals surface area contributed by atoms with Crippen LogP contribution >= 0.6 is 11.8 Å². The van der Waals surface area contributed by atoms with Crippen LogP contribution in [0.1, 0.15) is 12.8 Å². The Morgan fingerprint density at radius 3 is 2.15 bits per heavy atom. The summed E-state index contributed by atoms with van der Waals surface area (Å²) in [5.74, 6) is 2.17. The van der Waals surface area contributed by atoms with Crippen molar-refractivity contribution in [1.82, 2.24) is 8.96 Å². The Hall–Kier alpha value is -5.94. The monoisotopic (exact) mass is 777 g/mol. The molecule has 0 unspecified atom stereocenters. The minimum absolute atomic E-state index is 0.0659. The molecule has 6 rings (SSSR count). The Balaban J connectivity index is 1.26. The van der Waals surface area contributed by atoms with E-state index in [2.05, 4.69) is 4.98 Å². The summed E-state index contributed by atoms with van der Waals surface area (Å²) in [6.07, 6.45) is 1.01. The number of nitrogens with zero attached hydrogens (tertiary/aromatic N) is 3. The number of para-hydroxylation sites is 2. The van der Waals surface area contributed by atoms with Gasteiger partial charge in [0.1, 0.15) is 22.5 Å². The van der Waals surface area contributed by atoms with Crippen molar-refractivity contribution in [2.24, 2.45) is 0 Å². The van der Waals surface area contributed by atoms with Crippen molar-refractivity contribution >= 4 is 49.5 Å². The zero-order valence-electron chi connectivity index (χ0n) is 29.8. The predicted molar refractivity (Wildman–Crippen MR) is 202 cm³/mol. The van der Waals surface area contributed by atoms with Crippen molar-refractivity contribution in [3.63, 3.8) is 0 Å². The lowest BCUT2D eigenvalue weighted by molar-refractivity contribution is -0.384. The molecule has 0 saturated heterocycles. The summed E-state index contributed by atoms with van der Waals surface area (Å²) < 4.78 is 68.8. The fraction of sp³-hybridized carbons (Fsp3) is 0.243. The minimum Gasteiger partial charge on any atom is -0.496 e. The molecule has 282 valence electrons. The lowest BCUT2D eigenvalue weighted by Crippen LogP contribution is -2.14. The van der Waals surface area contributed by atoms with Gasteiger partial charge < -0.3 is 32.8 Å². The molecule has 6 aromatic rings. The van der Waals surface area contributed by atoms with E-state index in [1.54, 1.807) is 48.5 Å². The van der Waals surface area contributed by atoms with Gasteiger partial charge in [-0.05, 0) is 49.2 Å². The third-order valence-electron chi connectivity index (χ3n) is 8.37. The quantitative estimate of drug-likeness (QED) is 0.0426. The number of nitro groups is 1. The van der Waals surface area contributed by atoms with Crippen molar-refractivity contribution in [2.75, 3.05) is 47.9 Å². The molecule has 2 aromatic heterocycles. The van der Waals surface area contributed by atoms with Crippen LogP contribution in [0.5, 0.6) is 34.5 Å². The van der Waals surface area contributed by atoms with Gasteiger partial charge in [-0.15, -0.1) is 0 Å². The maximum absolute atomic E-state index is 14.1. The van der Waals surface area contributed by atoms with Crippen LogP contribution < -0.4 is 33.8 Å². The van der Waals surface area contributed by atoms with Gasteiger partial charge in [0, 0.05) is 35.6 Å². The van der Waals surface area contributed by atoms with Crippen molar-refractivity contribution in [1.29, 1.82) is 0 Å². The number of benzene rings is 4. The van der Waals surface area contributed by atoms with Gasteiger partial charge >= 0.3 is 0 Å². The lowest BCUT2D eigenvalue weighted by atomic mass is 10.1. The molecular weight excluding hydrogens is 743 g/mol. The molecule has 0 N–H and O–H groups in total. The fourth-order valence-corrected chi connectivity index (χ4v) is 8.46. The van der Waals surface area contributed by atoms with Gasteiger partial charge in [-0.1, -0.05) is 23.9 Å². The van der Waals surface area contributed by atoms with Gasteiger partial charge in [-0.2, -0.15) is 0 Å². The number of nitro benzene ring substituents is 1. The summed E-state index contributed by atoms with van der Waals surface area (Å²) in [6.45, 7) is 0.101. The normalized spacial score (nSPS) is 11.4. The molecule has 0 aliphatic rings. The second-order valence-corrected chi connectivity index (χ2v) is 14.4. The summed E-state index contributed by atoms with van der Waals surface area (Å²) in [5, 5.41) is 11.5. The number of non-ortho nitro benzene ring substituents is 1. The number of imidazole rings is 1. The third-order valence-corrected chi connectivity index (χ3v) is 11.2. The highest BCUT2D eigenvalue weighted by atomic mass is 32.2. The molecule has 0 bridgehead atoms. The molecule has 0 fully saturated rings. The number of ether oxygens (including phenoxy) is 6. The molecule has 15 nitrogen and oxygen atoms in total. The number of hydrogen-bond acceptors (Lipinski definition) is 14. The van der Waals surface area contributed by atoms with Crippen molar-refractivity contribution in [3.8, 4) is 45.8 Å². The zero-order chi connectivity index (χ0) is 38.6. The molecule has 0 radical (unpaired) electrons. The minimum atomic E-state index is -4.16. The highest BCUT2D eigenvalue weighted by Crippen LogP contribution is 2.44. The van der Waals surface area contributed by atoms with Gasteiger partial charge in [0.2, 0.25) is 16.9 Å². The molecule has 0 spiro atoms. The number of unbranched alkanes of at least 4 members (excludes halogenated alkanes) is 1. The van der Waals surface area contributed by atoms with Crippen molar-refractivity contribution < 1.29 is 46.2 Å². The maximum atomic E-state index is 14.1. The maximum Gasteiger partial charge on any atom is 0.270 e. The summed E-state index contributed by atoms with van der Waals surface area (Å²) in [7, 11) is 3.19. The average molecular weight is 778 g/mol. The highest BCUT2D eigenvalue weighted by molar-refractivity contribution is 8.00. The molecule has 0 amide bonds. The first-order valence-corrected chi connectivity index (χ1v) is 18.7. The van der Waals surface area contributed by atoms with E-state index in [9.17, 15) is 23.3 Å². The highest BCUT2D eigenvalue weighted by Gasteiger charge is 2.27. The molecule has 0 saturated carbocycles. The van der Waals surface area contributed by atoms with Crippen LogP contribution in [0, 0.1) is 10.1 Å². The molecular formula is C37H35N3O12S2. The van der Waals surface area contributed by atoms with E-state index in [4.69, 9.17) is 32.8 Å². The molecule has 0 aliphatic heterocycles. The van der Waals surface area contributed by atoms with E-state index < -0.39 is 20.4 Å². The van der Waals surface area contributed by atoms with E-state index in [0.29, 0.717) is 58.2 Å². The van der Waals surface area contributed by atoms with E-state index >= 15 is 0 Å². The van der Waals surface area contributed by atoms with E-state index in [1.165, 1.54) is 59.4 Å². The van der Waals surface area contributed by atoms with E-state index in [1.807, 2.05) is 0 Å². The number of fused-ring (bicyclic) bond motifs is 2. The van der Waals surface area contributed by atoms with Crippen LogP contribution in [-0.2, 0) is 10.0 Å². The predicted octanol–water partition coefficient (Wildman–Crippen LogP) is 6.95. The molecule has 0 atom stereocenters. The topological polar surface area (TPSA) is 181 Å². The Labute approximate surface area is 313 Å². The Kier molecular flexibility index (Phi) is 11.2. The van der Waals surface area contributed by atoms with E-state index in [0.717, 1.165) is 16.1 Å². The number of methoxy groups -OCH3 is 5. The summed E-state index contributed by atoms with van der Waals surface area (Å²) >= 11 is 1.23. The first kappa shape index (κ1) is 37.8. The van der Waals surface area contributed by atoms with Crippen LogP contribution in [-0.4, -0.2) is 70.2 Å². The second kappa shape index (κ2) is 16.0. The zero-order valence-corrected chi connectivity index (χ0v) is 31.4. The third kappa shape index (κ3) is 7.19. The second-order valence-electron chi connectivity index (χ2n) is 11.5. The number of hydrogen-bond donors (Lipinski definition) is 0. The lowest BCUT2D eigenvalue weighted by Gasteiger charge is -2.17. The smallest absolute Gasteiger partial charge is 0.270 e. The van der Waals surface area contributed by atoms with Gasteiger partial charge in [0.05, 0.1) is 63.0 Å². The van der Waals surface area contributed by atoms with Crippen LogP contribution in [0.3, 0.4) is 0 Å². The van der Waals surface area contributed by atoms with Crippen LogP contribution in [0.2, 0.25) is 0 Å². The van der Waals surface area contributed by atoms with Gasteiger partial charge in [0.25, 0.3) is 15.7 Å². The van der Waals surface area contributed by atoms with Crippen molar-refractivity contribution in [3.05, 3.63) is 93.1 Å². The Morgan fingerprint density at radius 2 is 1.52 bits per heavy atom. The van der Waals surface area contributed by atoms with Crippen LogP contribution in [0.25, 0.3) is 33.3 Å². The summed E-state index contributed by atoms with van der Waals surface area (Å²) in [5.41, 5.74) is 0.775. The summed E-state index contributed by atoms with van der Waals surface area (Å²) in [6, 6.07) is 18.0. The first-order chi connectivity index (χ1) is 26.1. The van der Waals surface area contributed by atoms with Gasteiger partial charge in [0.15, 0.2) is 22.4 Å². The van der Waals surface area contributed by atoms with E-state index in [-0.39, 0.29) is 50.6 Å². The molecule has 54 heavy (non-hydrogen) atoms. The molecule has 0 aliphatic carbocycles. The molecule has 2 heterocycles. The van der Waals surface area contributed by atoms with Crippen LogP contribution in [0.15, 0.2) is 92.1 Å². The first-order valence-electron chi connectivity index (χ1n) is 16.3. The van der Waals surface area contributed by atoms with Gasteiger partial charge in [-0.3, -0.25) is 14.9 Å². The number of aromatic nitrogens is 2. The van der Waals surface area contributed by atoms with Crippen molar-refractivity contribution in [2.45, 2.75) is 22.9 Å². The Morgan fingerprint density at radius 1 is 0.833 bits per heavy atom. The number of rotatable bonds is 16.